The number of carbonyl (C=O) groups is 4. The Labute approximate surface area is 248 Å². The molecular weight excluding hydrogens is 538 g/mol. The van der Waals surface area contributed by atoms with Crippen LogP contribution in [0, 0.1) is 5.92 Å². The van der Waals surface area contributed by atoms with E-state index in [1.54, 1.807) is 24.3 Å². The second-order valence-electron chi connectivity index (χ2n) is 11.8. The molecule has 11 nitrogen and oxygen atoms in total. The quantitative estimate of drug-likeness (QED) is 0.230. The number of benzene rings is 2. The van der Waals surface area contributed by atoms with Crippen molar-refractivity contribution in [3.63, 3.8) is 0 Å². The van der Waals surface area contributed by atoms with Crippen molar-refractivity contribution in [2.45, 2.75) is 77.8 Å². The van der Waals surface area contributed by atoms with Crippen molar-refractivity contribution in [1.82, 2.24) is 20.9 Å². The van der Waals surface area contributed by atoms with Gasteiger partial charge in [0, 0.05) is 12.1 Å². The molecule has 3 atom stereocenters. The van der Waals surface area contributed by atoms with Crippen LogP contribution in [-0.4, -0.2) is 70.8 Å². The second-order valence-corrected chi connectivity index (χ2v) is 11.8. The first-order valence-electron chi connectivity index (χ1n) is 14.1. The maximum absolute atomic E-state index is 13.4. The summed E-state index contributed by atoms with van der Waals surface area (Å²) in [7, 11) is 0. The van der Waals surface area contributed by atoms with E-state index in [0.717, 1.165) is 11.1 Å². The summed E-state index contributed by atoms with van der Waals surface area (Å²) in [5, 5.41) is 19.5. The van der Waals surface area contributed by atoms with E-state index in [1.807, 2.05) is 71.0 Å². The summed E-state index contributed by atoms with van der Waals surface area (Å²) in [6.45, 7) is 9.80. The summed E-state index contributed by atoms with van der Waals surface area (Å²) in [6, 6.07) is 15.7. The zero-order valence-electron chi connectivity index (χ0n) is 25.1. The third-order valence-electron chi connectivity index (χ3n) is 6.08. The number of nitrogens with two attached hydrogens (primary N) is 1. The minimum absolute atomic E-state index is 0.0325. The number of ether oxygens (including phenoxy) is 1. The normalized spacial score (nSPS) is 13.4. The van der Waals surface area contributed by atoms with Gasteiger partial charge in [0.2, 0.25) is 11.8 Å². The number of nitrogens with one attached hydrogen (secondary N) is 3. The number of aliphatic hydroxyl groups excluding tert-OH is 1. The summed E-state index contributed by atoms with van der Waals surface area (Å²) in [5.41, 5.74) is 6.46. The van der Waals surface area contributed by atoms with Gasteiger partial charge >= 0.3 is 12.1 Å². The van der Waals surface area contributed by atoms with Crippen LogP contribution in [0.5, 0.6) is 0 Å². The monoisotopic (exact) mass is 583 g/mol. The van der Waals surface area contributed by atoms with Gasteiger partial charge in [-0.2, -0.15) is 0 Å². The molecule has 0 aromatic heterocycles. The third kappa shape index (κ3) is 13.0. The van der Waals surface area contributed by atoms with Crippen LogP contribution in [0.3, 0.4) is 0 Å². The third-order valence-corrected chi connectivity index (χ3v) is 6.08. The predicted molar refractivity (Wildman–Crippen MR) is 160 cm³/mol. The Kier molecular flexibility index (Phi) is 13.3. The lowest BCUT2D eigenvalue weighted by molar-refractivity contribution is -0.128. The van der Waals surface area contributed by atoms with Gasteiger partial charge in [-0.1, -0.05) is 74.5 Å². The standard InChI is InChI=1S/C31H45N5O6/c1-21(2)18-36(29(40)35-31(3,4)5)19-26(37)24(16-22-12-8-6-9-13-22)33-28(39)25(17-27(32)38)34-30(41)42-20-23-14-10-7-11-15-23/h6-15,21,24-26,37H,16-20H2,1-5H3,(H2,32,38)(H,33,39)(H,34,41)(H,35,40)/t24-,25-,26-/m0/s1. The first-order valence-corrected chi connectivity index (χ1v) is 14.1. The van der Waals surface area contributed by atoms with Crippen LogP contribution in [0.4, 0.5) is 9.59 Å². The van der Waals surface area contributed by atoms with Crippen molar-refractivity contribution >= 4 is 23.9 Å². The number of alkyl carbamates (subject to hydrolysis) is 1. The van der Waals surface area contributed by atoms with Crippen LogP contribution in [0.2, 0.25) is 0 Å². The highest BCUT2D eigenvalue weighted by Gasteiger charge is 2.31. The van der Waals surface area contributed by atoms with Gasteiger partial charge < -0.3 is 36.4 Å². The molecule has 11 heteroatoms. The smallest absolute Gasteiger partial charge is 0.408 e. The number of hydrogen-bond donors (Lipinski definition) is 5. The predicted octanol–water partition coefficient (Wildman–Crippen LogP) is 2.71. The fourth-order valence-corrected chi connectivity index (χ4v) is 4.19. The molecule has 0 saturated heterocycles. The SMILES string of the molecule is CC(C)CN(C[C@H](O)[C@H](Cc1ccccc1)NC(=O)[C@H](CC(N)=O)NC(=O)OCc1ccccc1)C(=O)NC(C)(C)C. The summed E-state index contributed by atoms with van der Waals surface area (Å²) in [4.78, 5) is 52.2. The van der Waals surface area contributed by atoms with Crippen LogP contribution >= 0.6 is 0 Å². The van der Waals surface area contributed by atoms with Crippen molar-refractivity contribution < 1.29 is 29.0 Å². The average molecular weight is 584 g/mol. The molecule has 230 valence electrons. The minimum Gasteiger partial charge on any atom is -0.445 e. The van der Waals surface area contributed by atoms with Gasteiger partial charge in [0.05, 0.1) is 25.1 Å². The molecule has 2 aromatic rings. The van der Waals surface area contributed by atoms with E-state index in [0.29, 0.717) is 6.54 Å². The van der Waals surface area contributed by atoms with Crippen LogP contribution in [0.15, 0.2) is 60.7 Å². The number of hydrogen-bond acceptors (Lipinski definition) is 6. The molecule has 5 amide bonds. The molecule has 0 radical (unpaired) electrons. The van der Waals surface area contributed by atoms with Crippen molar-refractivity contribution in [2.24, 2.45) is 11.7 Å². The number of amides is 5. The summed E-state index contributed by atoms with van der Waals surface area (Å²) in [6.07, 6.45) is -2.33. The summed E-state index contributed by atoms with van der Waals surface area (Å²) >= 11 is 0. The molecule has 0 saturated carbocycles. The first kappa shape index (κ1) is 34.1. The minimum atomic E-state index is -1.34. The van der Waals surface area contributed by atoms with Gasteiger partial charge in [0.1, 0.15) is 12.6 Å². The van der Waals surface area contributed by atoms with Crippen molar-refractivity contribution in [1.29, 1.82) is 0 Å². The largest absolute Gasteiger partial charge is 0.445 e. The van der Waals surface area contributed by atoms with E-state index in [-0.39, 0.29) is 31.5 Å². The highest BCUT2D eigenvalue weighted by molar-refractivity contribution is 5.90. The van der Waals surface area contributed by atoms with Gasteiger partial charge in [-0.15, -0.1) is 0 Å². The fourth-order valence-electron chi connectivity index (χ4n) is 4.19. The van der Waals surface area contributed by atoms with Crippen LogP contribution in [-0.2, 0) is 27.4 Å². The van der Waals surface area contributed by atoms with E-state index in [9.17, 15) is 24.3 Å². The second kappa shape index (κ2) is 16.4. The molecule has 0 unspecified atom stereocenters. The Hall–Kier alpha value is -4.12. The number of aliphatic hydroxyl groups is 1. The summed E-state index contributed by atoms with van der Waals surface area (Å²) < 4.78 is 5.21. The van der Waals surface area contributed by atoms with Crippen LogP contribution < -0.4 is 21.7 Å². The van der Waals surface area contributed by atoms with Crippen LogP contribution in [0.1, 0.15) is 52.2 Å². The van der Waals surface area contributed by atoms with Gasteiger partial charge in [0.25, 0.3) is 0 Å². The van der Waals surface area contributed by atoms with E-state index in [4.69, 9.17) is 10.5 Å². The fraction of sp³-hybridized carbons (Fsp3) is 0.484. The van der Waals surface area contributed by atoms with Gasteiger partial charge in [-0.05, 0) is 44.2 Å². The van der Waals surface area contributed by atoms with Crippen LogP contribution in [0.25, 0.3) is 0 Å². The Balaban J connectivity index is 2.21. The maximum atomic E-state index is 13.4. The number of rotatable bonds is 14. The number of urea groups is 1. The van der Waals surface area contributed by atoms with Crippen molar-refractivity contribution in [3.05, 3.63) is 71.8 Å². The number of primary amides is 1. The maximum Gasteiger partial charge on any atom is 0.408 e. The molecule has 0 spiro atoms. The lowest BCUT2D eigenvalue weighted by atomic mass is 9.99. The molecular formula is C31H45N5O6. The molecule has 0 bridgehead atoms. The Morgan fingerprint density at radius 2 is 1.48 bits per heavy atom. The topological polar surface area (TPSA) is 163 Å². The van der Waals surface area contributed by atoms with Crippen molar-refractivity contribution in [3.8, 4) is 0 Å². The lowest BCUT2D eigenvalue weighted by Gasteiger charge is -2.34. The molecule has 6 N–H and O–H groups in total. The zero-order chi connectivity index (χ0) is 31.3. The summed E-state index contributed by atoms with van der Waals surface area (Å²) in [5.74, 6) is -1.41. The molecule has 0 fully saturated rings. The van der Waals surface area contributed by atoms with E-state index < -0.39 is 48.1 Å². The van der Waals surface area contributed by atoms with Gasteiger partial charge in [-0.25, -0.2) is 9.59 Å². The molecule has 2 aromatic carbocycles. The first-order chi connectivity index (χ1) is 19.7. The highest BCUT2D eigenvalue weighted by atomic mass is 16.5. The molecule has 0 heterocycles. The van der Waals surface area contributed by atoms with Crippen molar-refractivity contribution in [2.75, 3.05) is 13.1 Å². The van der Waals surface area contributed by atoms with E-state index in [2.05, 4.69) is 16.0 Å². The molecule has 2 rings (SSSR count). The average Bonchev–Trinajstić information content (AvgIpc) is 2.90. The Bertz CT molecular complexity index is 1150. The zero-order valence-corrected chi connectivity index (χ0v) is 25.1. The molecule has 0 aliphatic rings. The van der Waals surface area contributed by atoms with E-state index >= 15 is 0 Å². The Morgan fingerprint density at radius 3 is 2.00 bits per heavy atom. The Morgan fingerprint density at radius 1 is 0.905 bits per heavy atom. The van der Waals surface area contributed by atoms with Gasteiger partial charge in [0.15, 0.2) is 0 Å². The highest BCUT2D eigenvalue weighted by Crippen LogP contribution is 2.12. The van der Waals surface area contributed by atoms with E-state index in [1.165, 1.54) is 4.90 Å². The molecule has 42 heavy (non-hydrogen) atoms. The number of carbonyl (C=O) groups excluding carboxylic acids is 4. The van der Waals surface area contributed by atoms with Gasteiger partial charge in [-0.3, -0.25) is 9.59 Å². The number of nitrogens with zero attached hydrogens (tertiary/aromatic N) is 1. The lowest BCUT2D eigenvalue weighted by Crippen LogP contribution is -2.57. The molecule has 0 aliphatic heterocycles. The molecule has 0 aliphatic carbocycles.